The lowest BCUT2D eigenvalue weighted by molar-refractivity contribution is -0.146. The summed E-state index contributed by atoms with van der Waals surface area (Å²) in [6.45, 7) is 2.50. The monoisotopic (exact) mass is 401 g/mol. The molecule has 0 radical (unpaired) electrons. The van der Waals surface area contributed by atoms with E-state index in [0.717, 1.165) is 15.6 Å². The zero-order chi connectivity index (χ0) is 18.6. The van der Waals surface area contributed by atoms with Crippen LogP contribution in [0.3, 0.4) is 0 Å². The molecule has 5 nitrogen and oxygen atoms in total. The Morgan fingerprint density at radius 2 is 1.92 bits per heavy atom. The zero-order valence-corrected chi connectivity index (χ0v) is 14.9. The number of aromatic nitrogens is 4. The van der Waals surface area contributed by atoms with Gasteiger partial charge in [0.1, 0.15) is 5.82 Å². The quantitative estimate of drug-likeness (QED) is 0.598. The number of alkyl halides is 3. The van der Waals surface area contributed by atoms with Crippen molar-refractivity contribution in [2.24, 2.45) is 0 Å². The first-order valence-electron chi connectivity index (χ1n) is 7.80. The number of benzene rings is 1. The fourth-order valence-corrected chi connectivity index (χ4v) is 3.88. The molecular formula is C16H12Cl2F3N5. The summed E-state index contributed by atoms with van der Waals surface area (Å²) in [4.78, 5) is 1.91. The van der Waals surface area contributed by atoms with E-state index in [1.54, 1.807) is 12.1 Å². The van der Waals surface area contributed by atoms with Gasteiger partial charge in [-0.1, -0.05) is 23.2 Å². The van der Waals surface area contributed by atoms with E-state index >= 15 is 0 Å². The molecule has 1 aromatic carbocycles. The molecule has 1 atom stereocenters. The van der Waals surface area contributed by atoms with Crippen LogP contribution in [-0.4, -0.2) is 26.4 Å². The molecule has 4 rings (SSSR count). The maximum absolute atomic E-state index is 13.1. The first-order valence-corrected chi connectivity index (χ1v) is 8.55. The summed E-state index contributed by atoms with van der Waals surface area (Å²) in [5, 5.41) is 12.0. The molecule has 2 aromatic heterocycles. The van der Waals surface area contributed by atoms with Crippen LogP contribution in [0.15, 0.2) is 24.3 Å². The third-order valence-electron chi connectivity index (χ3n) is 4.51. The molecule has 0 spiro atoms. The molecule has 0 fully saturated rings. The van der Waals surface area contributed by atoms with Gasteiger partial charge in [0, 0.05) is 16.6 Å². The van der Waals surface area contributed by atoms with E-state index in [9.17, 15) is 13.2 Å². The Kier molecular flexibility index (Phi) is 4.00. The Morgan fingerprint density at radius 1 is 1.15 bits per heavy atom. The van der Waals surface area contributed by atoms with Crippen molar-refractivity contribution in [3.63, 3.8) is 0 Å². The Balaban J connectivity index is 1.78. The molecule has 136 valence electrons. The first kappa shape index (κ1) is 17.4. The molecule has 1 aliphatic heterocycles. The highest BCUT2D eigenvalue weighted by molar-refractivity contribution is 6.35. The summed E-state index contributed by atoms with van der Waals surface area (Å²) in [7, 11) is 0. The smallest absolute Gasteiger partial charge is 0.348 e. The van der Waals surface area contributed by atoms with Gasteiger partial charge in [0.05, 0.1) is 6.04 Å². The lowest BCUT2D eigenvalue weighted by atomic mass is 9.93. The Hall–Kier alpha value is -2.06. The van der Waals surface area contributed by atoms with Crippen LogP contribution in [0.4, 0.5) is 19.0 Å². The van der Waals surface area contributed by atoms with Crippen LogP contribution in [0.5, 0.6) is 0 Å². The van der Waals surface area contributed by atoms with E-state index in [1.165, 1.54) is 6.07 Å². The molecule has 0 N–H and O–H groups in total. The van der Waals surface area contributed by atoms with E-state index in [2.05, 4.69) is 15.3 Å². The van der Waals surface area contributed by atoms with Gasteiger partial charge < -0.3 is 4.90 Å². The average molecular weight is 402 g/mol. The van der Waals surface area contributed by atoms with Gasteiger partial charge in [0.25, 0.3) is 5.82 Å². The molecule has 3 heterocycles. The summed E-state index contributed by atoms with van der Waals surface area (Å²) in [5.74, 6) is -0.748. The number of nitrogens with zero attached hydrogens (tertiary/aromatic N) is 5. The fraction of sp³-hybridized carbons (Fsp3) is 0.312. The largest absolute Gasteiger partial charge is 0.453 e. The highest BCUT2D eigenvalue weighted by Crippen LogP contribution is 2.38. The van der Waals surface area contributed by atoms with Crippen molar-refractivity contribution >= 4 is 34.7 Å². The lowest BCUT2D eigenvalue weighted by Gasteiger charge is -2.36. The molecule has 1 aliphatic rings. The van der Waals surface area contributed by atoms with Crippen LogP contribution >= 0.6 is 23.2 Å². The van der Waals surface area contributed by atoms with Gasteiger partial charge in [-0.25, -0.2) is 0 Å². The van der Waals surface area contributed by atoms with Crippen LogP contribution in [0.25, 0.3) is 5.65 Å². The normalized spacial score (nSPS) is 17.6. The van der Waals surface area contributed by atoms with Gasteiger partial charge in [-0.15, -0.1) is 15.3 Å². The Morgan fingerprint density at radius 3 is 2.65 bits per heavy atom. The fourth-order valence-electron chi connectivity index (χ4n) is 3.28. The second-order valence-electron chi connectivity index (χ2n) is 6.06. The van der Waals surface area contributed by atoms with E-state index in [1.807, 2.05) is 17.9 Å². The molecule has 0 unspecified atom stereocenters. The van der Waals surface area contributed by atoms with E-state index < -0.39 is 12.0 Å². The molecule has 0 saturated heterocycles. The van der Waals surface area contributed by atoms with Gasteiger partial charge >= 0.3 is 6.18 Å². The number of hydrogen-bond acceptors (Lipinski definition) is 4. The molecule has 3 aromatic rings. The standard InChI is InChI=1S/C16H12Cl2F3N5/c1-8-11-6-9(17)7-12(18)10(11)4-5-25(8)14-3-2-13-22-23-15(16(19,20)21)26(13)24-14/h2-3,6-8H,4-5H2,1H3/t8-/m0/s1. The van der Waals surface area contributed by atoms with Crippen molar-refractivity contribution < 1.29 is 13.2 Å². The second kappa shape index (κ2) is 5.99. The topological polar surface area (TPSA) is 46.3 Å². The molecule has 0 aliphatic carbocycles. The van der Waals surface area contributed by atoms with Crippen LogP contribution in [0.1, 0.15) is 29.9 Å². The van der Waals surface area contributed by atoms with Crippen LogP contribution in [-0.2, 0) is 12.6 Å². The Labute approximate surface area is 156 Å². The average Bonchev–Trinajstić information content (AvgIpc) is 2.99. The minimum absolute atomic E-state index is 0.0391. The molecule has 0 bridgehead atoms. The minimum Gasteiger partial charge on any atom is -0.348 e. The van der Waals surface area contributed by atoms with E-state index in [0.29, 0.717) is 28.8 Å². The first-order chi connectivity index (χ1) is 12.3. The minimum atomic E-state index is -4.63. The van der Waals surface area contributed by atoms with Gasteiger partial charge in [0.2, 0.25) is 0 Å². The van der Waals surface area contributed by atoms with Crippen molar-refractivity contribution in [1.82, 2.24) is 19.8 Å². The van der Waals surface area contributed by atoms with Gasteiger partial charge in [-0.3, -0.25) is 0 Å². The maximum atomic E-state index is 13.1. The molecule has 26 heavy (non-hydrogen) atoms. The maximum Gasteiger partial charge on any atom is 0.453 e. The highest BCUT2D eigenvalue weighted by Gasteiger charge is 2.38. The predicted octanol–water partition coefficient (Wildman–Crippen LogP) is 4.57. The van der Waals surface area contributed by atoms with Crippen molar-refractivity contribution in [2.75, 3.05) is 11.4 Å². The number of hydrogen-bond donors (Lipinski definition) is 0. The van der Waals surface area contributed by atoms with Crippen molar-refractivity contribution in [2.45, 2.75) is 25.6 Å². The van der Waals surface area contributed by atoms with E-state index in [-0.39, 0.29) is 11.7 Å². The number of fused-ring (bicyclic) bond motifs is 2. The number of anilines is 1. The zero-order valence-electron chi connectivity index (χ0n) is 13.4. The summed E-state index contributed by atoms with van der Waals surface area (Å²) in [6.07, 6.45) is -3.99. The molecular weight excluding hydrogens is 390 g/mol. The highest BCUT2D eigenvalue weighted by atomic mass is 35.5. The van der Waals surface area contributed by atoms with Gasteiger partial charge in [-0.2, -0.15) is 17.7 Å². The lowest BCUT2D eigenvalue weighted by Crippen LogP contribution is -2.35. The summed E-state index contributed by atoms with van der Waals surface area (Å²) < 4.78 is 40.0. The SMILES string of the molecule is C[C@H]1c2cc(Cl)cc(Cl)c2CCN1c1ccc2nnc(C(F)(F)F)n2n1. The van der Waals surface area contributed by atoms with Crippen molar-refractivity contribution in [3.8, 4) is 0 Å². The van der Waals surface area contributed by atoms with E-state index in [4.69, 9.17) is 23.2 Å². The summed E-state index contributed by atoms with van der Waals surface area (Å²) in [5.41, 5.74) is 1.98. The molecule has 0 amide bonds. The third-order valence-corrected chi connectivity index (χ3v) is 5.07. The number of rotatable bonds is 1. The van der Waals surface area contributed by atoms with Gasteiger partial charge in [0.15, 0.2) is 5.65 Å². The van der Waals surface area contributed by atoms with Crippen LogP contribution in [0.2, 0.25) is 10.0 Å². The predicted molar refractivity (Wildman–Crippen MR) is 91.7 cm³/mol. The number of halogens is 5. The van der Waals surface area contributed by atoms with Crippen molar-refractivity contribution in [1.29, 1.82) is 0 Å². The molecule has 10 heteroatoms. The van der Waals surface area contributed by atoms with Crippen LogP contribution in [0, 0.1) is 0 Å². The molecule has 0 saturated carbocycles. The van der Waals surface area contributed by atoms with Gasteiger partial charge in [-0.05, 0) is 48.7 Å². The summed E-state index contributed by atoms with van der Waals surface area (Å²) in [6, 6.07) is 6.49. The van der Waals surface area contributed by atoms with Crippen molar-refractivity contribution in [3.05, 3.63) is 51.3 Å². The summed E-state index contributed by atoms with van der Waals surface area (Å²) >= 11 is 12.4. The van der Waals surface area contributed by atoms with Crippen LogP contribution < -0.4 is 4.90 Å². The third kappa shape index (κ3) is 2.77. The second-order valence-corrected chi connectivity index (χ2v) is 6.90. The Bertz CT molecular complexity index is 1000.